The fourth-order valence-electron chi connectivity index (χ4n) is 3.49. The van der Waals surface area contributed by atoms with Crippen molar-refractivity contribution in [2.24, 2.45) is 10.7 Å². The van der Waals surface area contributed by atoms with Gasteiger partial charge in [0.25, 0.3) is 0 Å². The number of nitrogens with zero attached hydrogens (tertiary/aromatic N) is 1. The third kappa shape index (κ3) is 4.33. The second-order valence-corrected chi connectivity index (χ2v) is 6.82. The Morgan fingerprint density at radius 3 is 2.63 bits per heavy atom. The van der Waals surface area contributed by atoms with Crippen molar-refractivity contribution in [2.45, 2.75) is 38.0 Å². The number of hydrogen-bond donors (Lipinski definition) is 1. The molecular weight excluding hydrogens is 342 g/mol. The molecule has 1 aliphatic rings. The largest absolute Gasteiger partial charge is 0.403 e. The van der Waals surface area contributed by atoms with E-state index in [1.165, 1.54) is 37.0 Å². The lowest BCUT2D eigenvalue weighted by molar-refractivity contribution is 0.414. The molecule has 27 heavy (non-hydrogen) atoms. The number of nitrogens with two attached hydrogens (primary N) is 1. The zero-order chi connectivity index (χ0) is 19.2. The Morgan fingerprint density at radius 1 is 1.19 bits per heavy atom. The van der Waals surface area contributed by atoms with Crippen LogP contribution in [0.3, 0.4) is 0 Å². The molecule has 2 aromatic rings. The van der Waals surface area contributed by atoms with Crippen molar-refractivity contribution in [3.05, 3.63) is 89.1 Å². The van der Waals surface area contributed by atoms with E-state index in [4.69, 9.17) is 5.73 Å². The van der Waals surface area contributed by atoms with Gasteiger partial charge in [-0.1, -0.05) is 37.3 Å². The first-order valence-electron chi connectivity index (χ1n) is 9.27. The maximum Gasteiger partial charge on any atom is 0.136 e. The second-order valence-electron chi connectivity index (χ2n) is 6.82. The maximum atomic E-state index is 15.4. The molecule has 0 unspecified atom stereocenters. The van der Waals surface area contributed by atoms with E-state index in [-0.39, 0.29) is 11.6 Å². The van der Waals surface area contributed by atoms with E-state index in [2.05, 4.69) is 11.6 Å². The molecule has 0 aliphatic heterocycles. The summed E-state index contributed by atoms with van der Waals surface area (Å²) in [5, 5.41) is 0. The third-order valence-corrected chi connectivity index (χ3v) is 5.13. The van der Waals surface area contributed by atoms with Gasteiger partial charge in [0.15, 0.2) is 0 Å². The Bertz CT molecular complexity index is 880. The summed E-state index contributed by atoms with van der Waals surface area (Å²) in [5.74, 6) is -0.153. The summed E-state index contributed by atoms with van der Waals surface area (Å²) in [4.78, 5) is 4.17. The molecule has 4 heteroatoms. The molecule has 0 heterocycles. The van der Waals surface area contributed by atoms with Gasteiger partial charge in [0, 0.05) is 18.0 Å². The Morgan fingerprint density at radius 2 is 2.00 bits per heavy atom. The summed E-state index contributed by atoms with van der Waals surface area (Å²) in [6.07, 6.45) is 8.75. The average molecular weight is 366 g/mol. The van der Waals surface area contributed by atoms with E-state index in [1.807, 2.05) is 12.1 Å². The van der Waals surface area contributed by atoms with Crippen LogP contribution in [0, 0.1) is 11.6 Å². The number of aryl methyl sites for hydroxylation is 1. The summed E-state index contributed by atoms with van der Waals surface area (Å²) in [6.45, 7) is 3.58. The van der Waals surface area contributed by atoms with Crippen LogP contribution < -0.4 is 5.73 Å². The summed E-state index contributed by atoms with van der Waals surface area (Å²) in [7, 11) is 0. The van der Waals surface area contributed by atoms with Crippen molar-refractivity contribution in [1.29, 1.82) is 0 Å². The van der Waals surface area contributed by atoms with Crippen LogP contribution in [-0.4, -0.2) is 6.21 Å². The molecule has 0 bridgehead atoms. The molecule has 2 N–H and O–H groups in total. The molecule has 2 nitrogen and oxygen atoms in total. The van der Waals surface area contributed by atoms with Crippen LogP contribution in [0.25, 0.3) is 5.70 Å². The van der Waals surface area contributed by atoms with E-state index >= 15 is 4.39 Å². The molecular formula is C23H24F2N2. The number of allylic oxidation sites excluding steroid dienone is 1. The monoisotopic (exact) mass is 366 g/mol. The Kier molecular flexibility index (Phi) is 6.17. The van der Waals surface area contributed by atoms with Gasteiger partial charge in [0.1, 0.15) is 11.6 Å². The second kappa shape index (κ2) is 8.76. The highest BCUT2D eigenvalue weighted by Crippen LogP contribution is 2.40. The fourth-order valence-corrected chi connectivity index (χ4v) is 3.49. The molecule has 1 aliphatic carbocycles. The smallest absolute Gasteiger partial charge is 0.136 e. The van der Waals surface area contributed by atoms with E-state index in [0.29, 0.717) is 35.6 Å². The summed E-state index contributed by atoms with van der Waals surface area (Å²) >= 11 is 0. The molecule has 0 atom stereocenters. The highest BCUT2D eigenvalue weighted by atomic mass is 19.1. The lowest BCUT2D eigenvalue weighted by Crippen LogP contribution is -2.14. The highest BCUT2D eigenvalue weighted by Gasteiger charge is 2.25. The SMILES string of the molecule is C=C/C=N\C(=C/N)c1ccc(C2CCC2)c(CCc2cccc(F)c2)c1F. The lowest BCUT2D eigenvalue weighted by atomic mass is 9.77. The van der Waals surface area contributed by atoms with Crippen LogP contribution in [0.15, 0.2) is 60.2 Å². The molecule has 1 fully saturated rings. The van der Waals surface area contributed by atoms with E-state index in [1.54, 1.807) is 12.1 Å². The molecule has 3 rings (SSSR count). The molecule has 0 radical (unpaired) electrons. The van der Waals surface area contributed by atoms with Crippen LogP contribution in [0.5, 0.6) is 0 Å². The van der Waals surface area contributed by atoms with Crippen LogP contribution in [0.4, 0.5) is 8.78 Å². The third-order valence-electron chi connectivity index (χ3n) is 5.13. The predicted molar refractivity (Wildman–Crippen MR) is 108 cm³/mol. The van der Waals surface area contributed by atoms with E-state index in [9.17, 15) is 4.39 Å². The predicted octanol–water partition coefficient (Wildman–Crippen LogP) is 5.53. The van der Waals surface area contributed by atoms with Crippen LogP contribution in [0.2, 0.25) is 0 Å². The van der Waals surface area contributed by atoms with Gasteiger partial charge >= 0.3 is 0 Å². The fraction of sp³-hybridized carbons (Fsp3) is 0.261. The number of hydrogen-bond acceptors (Lipinski definition) is 2. The van der Waals surface area contributed by atoms with E-state index in [0.717, 1.165) is 24.0 Å². The van der Waals surface area contributed by atoms with Gasteiger partial charge in [-0.15, -0.1) is 0 Å². The first kappa shape index (κ1) is 19.0. The number of benzene rings is 2. The number of rotatable bonds is 7. The van der Waals surface area contributed by atoms with Crippen LogP contribution >= 0.6 is 0 Å². The number of aliphatic imine (C=N–C) groups is 1. The quantitative estimate of drug-likeness (QED) is 0.643. The molecule has 2 aromatic carbocycles. The Hall–Kier alpha value is -2.75. The minimum absolute atomic E-state index is 0.270. The summed E-state index contributed by atoms with van der Waals surface area (Å²) < 4.78 is 28.9. The van der Waals surface area contributed by atoms with E-state index < -0.39 is 0 Å². The topological polar surface area (TPSA) is 38.4 Å². The van der Waals surface area contributed by atoms with Crippen molar-refractivity contribution < 1.29 is 8.78 Å². The normalized spacial score (nSPS) is 15.1. The first-order chi connectivity index (χ1) is 13.1. The molecule has 0 saturated heterocycles. The van der Waals surface area contributed by atoms with Gasteiger partial charge in [-0.2, -0.15) is 0 Å². The molecule has 1 saturated carbocycles. The van der Waals surface area contributed by atoms with Gasteiger partial charge in [0.2, 0.25) is 0 Å². The molecule has 0 amide bonds. The minimum atomic E-state index is -0.284. The van der Waals surface area contributed by atoms with Gasteiger partial charge in [-0.3, -0.25) is 4.99 Å². The Balaban J connectivity index is 1.96. The van der Waals surface area contributed by atoms with Gasteiger partial charge < -0.3 is 5.73 Å². The van der Waals surface area contributed by atoms with Gasteiger partial charge in [0.05, 0.1) is 5.70 Å². The van der Waals surface area contributed by atoms with Crippen molar-refractivity contribution in [2.75, 3.05) is 0 Å². The van der Waals surface area contributed by atoms with Crippen LogP contribution in [0.1, 0.15) is 47.4 Å². The lowest BCUT2D eigenvalue weighted by Gasteiger charge is -2.29. The van der Waals surface area contributed by atoms with Crippen molar-refractivity contribution in [1.82, 2.24) is 0 Å². The van der Waals surface area contributed by atoms with Crippen molar-refractivity contribution >= 4 is 11.9 Å². The average Bonchev–Trinajstić information content (AvgIpc) is 2.62. The van der Waals surface area contributed by atoms with Gasteiger partial charge in [-0.25, -0.2) is 8.78 Å². The highest BCUT2D eigenvalue weighted by molar-refractivity contribution is 5.79. The van der Waals surface area contributed by atoms with Crippen molar-refractivity contribution in [3.8, 4) is 0 Å². The summed E-state index contributed by atoms with van der Waals surface area (Å²) in [6, 6.07) is 10.2. The van der Waals surface area contributed by atoms with Crippen LogP contribution in [-0.2, 0) is 12.8 Å². The zero-order valence-electron chi connectivity index (χ0n) is 15.3. The molecule has 0 spiro atoms. The standard InChI is InChI=1S/C23H24F2N2/c1-2-13-27-22(15-26)21-12-11-19(17-6-4-7-17)20(23(21)25)10-9-16-5-3-8-18(24)14-16/h2-3,5,8,11-15,17H,1,4,6-7,9-10,26H2/b22-15-,27-13-. The van der Waals surface area contributed by atoms with Crippen molar-refractivity contribution in [3.63, 3.8) is 0 Å². The minimum Gasteiger partial charge on any atom is -0.403 e. The Labute approximate surface area is 159 Å². The molecule has 0 aromatic heterocycles. The first-order valence-corrected chi connectivity index (χ1v) is 9.27. The summed E-state index contributed by atoms with van der Waals surface area (Å²) in [5.41, 5.74) is 9.03. The maximum absolute atomic E-state index is 15.4. The zero-order valence-corrected chi connectivity index (χ0v) is 15.3. The molecule has 140 valence electrons. The van der Waals surface area contributed by atoms with Gasteiger partial charge in [-0.05, 0) is 66.5 Å². The number of halogens is 2.